The summed E-state index contributed by atoms with van der Waals surface area (Å²) in [6, 6.07) is 12.0. The number of rotatable bonds is 9. The maximum absolute atomic E-state index is 12.5. The number of amides is 1. The summed E-state index contributed by atoms with van der Waals surface area (Å²) >= 11 is 7.87. The summed E-state index contributed by atoms with van der Waals surface area (Å²) < 4.78 is 33.3. The van der Waals surface area contributed by atoms with E-state index in [4.69, 9.17) is 16.3 Å². The van der Waals surface area contributed by atoms with Crippen molar-refractivity contribution in [2.24, 2.45) is 0 Å². The minimum absolute atomic E-state index is 0.0256. The second-order valence-electron chi connectivity index (χ2n) is 7.55. The fourth-order valence-electron chi connectivity index (χ4n) is 3.50. The van der Waals surface area contributed by atoms with E-state index in [1.165, 1.54) is 18.2 Å². The SMILES string of the molecule is CSc1ccc([C@@H](C)NC(=O)COc2ccc(S(=O)(=O)NC3CCCC3)cc2Cl)cc1. The molecule has 1 fully saturated rings. The average Bonchev–Trinajstić information content (AvgIpc) is 3.25. The highest BCUT2D eigenvalue weighted by Crippen LogP contribution is 2.28. The van der Waals surface area contributed by atoms with Crippen LogP contribution in [-0.4, -0.2) is 33.2 Å². The summed E-state index contributed by atoms with van der Waals surface area (Å²) in [6.45, 7) is 1.68. The van der Waals surface area contributed by atoms with Gasteiger partial charge in [-0.2, -0.15) is 0 Å². The molecular formula is C22H27ClN2O4S2. The first-order valence-electron chi connectivity index (χ1n) is 10.2. The van der Waals surface area contributed by atoms with Gasteiger partial charge in [-0.15, -0.1) is 11.8 Å². The average molecular weight is 483 g/mol. The van der Waals surface area contributed by atoms with Gasteiger partial charge in [-0.25, -0.2) is 13.1 Å². The smallest absolute Gasteiger partial charge is 0.258 e. The number of nitrogens with one attached hydrogen (secondary N) is 2. The maximum atomic E-state index is 12.5. The van der Waals surface area contributed by atoms with Crippen molar-refractivity contribution in [2.45, 2.75) is 54.5 Å². The van der Waals surface area contributed by atoms with E-state index in [1.807, 2.05) is 37.4 Å². The molecule has 2 N–H and O–H groups in total. The van der Waals surface area contributed by atoms with E-state index in [1.54, 1.807) is 11.8 Å². The molecule has 0 aliphatic heterocycles. The summed E-state index contributed by atoms with van der Waals surface area (Å²) in [6.07, 6.45) is 5.78. The number of benzene rings is 2. The van der Waals surface area contributed by atoms with Crippen molar-refractivity contribution in [3.63, 3.8) is 0 Å². The Morgan fingerprint density at radius 2 is 1.87 bits per heavy atom. The van der Waals surface area contributed by atoms with E-state index in [2.05, 4.69) is 10.0 Å². The van der Waals surface area contributed by atoms with Crippen LogP contribution in [0, 0.1) is 0 Å². The quantitative estimate of drug-likeness (QED) is 0.512. The van der Waals surface area contributed by atoms with E-state index < -0.39 is 10.0 Å². The fourth-order valence-corrected chi connectivity index (χ4v) is 5.54. The lowest BCUT2D eigenvalue weighted by Gasteiger charge is -2.16. The van der Waals surface area contributed by atoms with Crippen LogP contribution >= 0.6 is 23.4 Å². The third-order valence-corrected chi connectivity index (χ3v) is 7.80. The van der Waals surface area contributed by atoms with Crippen LogP contribution in [0.3, 0.4) is 0 Å². The molecule has 0 spiro atoms. The second-order valence-corrected chi connectivity index (χ2v) is 10.5. The Kier molecular flexibility index (Phi) is 8.27. The highest BCUT2D eigenvalue weighted by molar-refractivity contribution is 7.98. The Morgan fingerprint density at radius 1 is 1.19 bits per heavy atom. The molecule has 0 aromatic heterocycles. The molecule has 2 aromatic carbocycles. The van der Waals surface area contributed by atoms with Crippen molar-refractivity contribution in [2.75, 3.05) is 12.9 Å². The Hall–Kier alpha value is -1.74. The first kappa shape index (κ1) is 23.9. The molecule has 9 heteroatoms. The number of carbonyl (C=O) groups is 1. The van der Waals surface area contributed by atoms with Crippen LogP contribution < -0.4 is 14.8 Å². The van der Waals surface area contributed by atoms with E-state index in [9.17, 15) is 13.2 Å². The maximum Gasteiger partial charge on any atom is 0.258 e. The fraction of sp³-hybridized carbons (Fsp3) is 0.409. The van der Waals surface area contributed by atoms with Gasteiger partial charge in [0, 0.05) is 10.9 Å². The van der Waals surface area contributed by atoms with E-state index in [-0.39, 0.29) is 40.3 Å². The van der Waals surface area contributed by atoms with Crippen molar-refractivity contribution in [3.8, 4) is 5.75 Å². The van der Waals surface area contributed by atoms with E-state index in [0.29, 0.717) is 0 Å². The number of sulfonamides is 1. The zero-order valence-electron chi connectivity index (χ0n) is 17.6. The molecule has 1 atom stereocenters. The number of hydrogen-bond acceptors (Lipinski definition) is 5. The molecule has 0 radical (unpaired) electrons. The monoisotopic (exact) mass is 482 g/mol. The standard InChI is InChI=1S/C22H27ClN2O4S2/c1-15(16-7-9-18(30-2)10-8-16)24-22(26)14-29-21-12-11-19(13-20(21)23)31(27,28)25-17-5-3-4-6-17/h7-13,15,17,25H,3-6,14H2,1-2H3,(H,24,26)/t15-/m1/s1. The van der Waals surface area contributed by atoms with Crippen LogP contribution in [0.2, 0.25) is 5.02 Å². The summed E-state index contributed by atoms with van der Waals surface area (Å²) in [5, 5.41) is 3.02. The summed E-state index contributed by atoms with van der Waals surface area (Å²) in [4.78, 5) is 13.5. The molecular weight excluding hydrogens is 456 g/mol. The van der Waals surface area contributed by atoms with Gasteiger partial charge in [0.25, 0.3) is 5.91 Å². The van der Waals surface area contributed by atoms with Gasteiger partial charge in [0.2, 0.25) is 10.0 Å². The number of ether oxygens (including phenoxy) is 1. The summed E-state index contributed by atoms with van der Waals surface area (Å²) in [5.74, 6) is -0.0364. The molecule has 0 bridgehead atoms. The van der Waals surface area contributed by atoms with Gasteiger partial charge in [-0.1, -0.05) is 36.6 Å². The normalized spacial score (nSPS) is 15.6. The number of halogens is 1. The third-order valence-electron chi connectivity index (χ3n) is 5.24. The van der Waals surface area contributed by atoms with E-state index in [0.717, 1.165) is 36.1 Å². The van der Waals surface area contributed by atoms with Gasteiger partial charge >= 0.3 is 0 Å². The van der Waals surface area contributed by atoms with Crippen molar-refractivity contribution in [1.82, 2.24) is 10.0 Å². The lowest BCUT2D eigenvalue weighted by atomic mass is 10.1. The van der Waals surface area contributed by atoms with Crippen LogP contribution in [0.1, 0.15) is 44.2 Å². The van der Waals surface area contributed by atoms with Crippen LogP contribution in [-0.2, 0) is 14.8 Å². The highest BCUT2D eigenvalue weighted by atomic mass is 35.5. The first-order chi connectivity index (χ1) is 14.8. The van der Waals surface area contributed by atoms with Crippen LogP contribution in [0.25, 0.3) is 0 Å². The summed E-state index contributed by atoms with van der Waals surface area (Å²) in [7, 11) is -3.64. The van der Waals surface area contributed by atoms with E-state index >= 15 is 0 Å². The van der Waals surface area contributed by atoms with Gasteiger partial charge in [-0.05, 0) is 61.9 Å². The van der Waals surface area contributed by atoms with Crippen molar-refractivity contribution < 1.29 is 17.9 Å². The van der Waals surface area contributed by atoms with Crippen molar-refractivity contribution in [1.29, 1.82) is 0 Å². The van der Waals surface area contributed by atoms with Gasteiger partial charge in [0.1, 0.15) is 5.75 Å². The molecule has 31 heavy (non-hydrogen) atoms. The number of hydrogen-bond donors (Lipinski definition) is 2. The zero-order chi connectivity index (χ0) is 22.4. The Labute approximate surface area is 193 Å². The predicted octanol–water partition coefficient (Wildman–Crippen LogP) is 4.54. The van der Waals surface area contributed by atoms with Gasteiger partial charge in [-0.3, -0.25) is 4.79 Å². The summed E-state index contributed by atoms with van der Waals surface area (Å²) in [5.41, 5.74) is 0.994. The largest absolute Gasteiger partial charge is 0.482 e. The molecule has 2 aromatic rings. The second kappa shape index (κ2) is 10.7. The minimum Gasteiger partial charge on any atom is -0.482 e. The topological polar surface area (TPSA) is 84.5 Å². The molecule has 6 nitrogen and oxygen atoms in total. The lowest BCUT2D eigenvalue weighted by molar-refractivity contribution is -0.123. The van der Waals surface area contributed by atoms with Gasteiger partial charge in [0.05, 0.1) is 16.0 Å². The van der Waals surface area contributed by atoms with Gasteiger partial charge in [0.15, 0.2) is 6.61 Å². The van der Waals surface area contributed by atoms with Crippen LogP contribution in [0.15, 0.2) is 52.3 Å². The highest BCUT2D eigenvalue weighted by Gasteiger charge is 2.23. The molecule has 0 heterocycles. The number of carbonyl (C=O) groups excluding carboxylic acids is 1. The molecule has 1 saturated carbocycles. The minimum atomic E-state index is -3.64. The van der Waals surface area contributed by atoms with Gasteiger partial charge < -0.3 is 10.1 Å². The predicted molar refractivity (Wildman–Crippen MR) is 124 cm³/mol. The zero-order valence-corrected chi connectivity index (χ0v) is 19.9. The molecule has 1 aliphatic rings. The van der Waals surface area contributed by atoms with Crippen LogP contribution in [0.4, 0.5) is 0 Å². The molecule has 1 amide bonds. The Balaban J connectivity index is 1.55. The van der Waals surface area contributed by atoms with Crippen molar-refractivity contribution in [3.05, 3.63) is 53.1 Å². The molecule has 0 saturated heterocycles. The molecule has 1 aliphatic carbocycles. The lowest BCUT2D eigenvalue weighted by Crippen LogP contribution is -2.32. The van der Waals surface area contributed by atoms with Crippen molar-refractivity contribution >= 4 is 39.3 Å². The third kappa shape index (κ3) is 6.62. The molecule has 168 valence electrons. The molecule has 0 unspecified atom stereocenters. The first-order valence-corrected chi connectivity index (χ1v) is 13.2. The van der Waals surface area contributed by atoms with Crippen LogP contribution in [0.5, 0.6) is 5.75 Å². The Bertz CT molecular complexity index is 1010. The number of thioether (sulfide) groups is 1. The Morgan fingerprint density at radius 3 is 2.48 bits per heavy atom. The molecule has 3 rings (SSSR count).